The number of aromatic carboxylic acids is 1. The molecule has 0 radical (unpaired) electrons. The van der Waals surface area contributed by atoms with E-state index in [0.29, 0.717) is 5.75 Å². The molecule has 0 atom stereocenters. The Hall–Kier alpha value is -4.38. The molecule has 1 amide bonds. The number of carbonyl (C=O) groups is 2. The van der Waals surface area contributed by atoms with E-state index in [2.05, 4.69) is 10.5 Å². The number of sulfonamides is 1. The van der Waals surface area contributed by atoms with Crippen LogP contribution in [0.1, 0.15) is 21.5 Å². The number of carbonyl (C=O) groups excluding carboxylic acids is 1. The van der Waals surface area contributed by atoms with Gasteiger partial charge >= 0.3 is 5.97 Å². The lowest BCUT2D eigenvalue weighted by Crippen LogP contribution is -2.39. The van der Waals surface area contributed by atoms with Crippen LogP contribution in [0.2, 0.25) is 0 Å². The third-order valence-corrected chi connectivity index (χ3v) is 6.91. The van der Waals surface area contributed by atoms with Crippen molar-refractivity contribution in [3.63, 3.8) is 0 Å². The van der Waals surface area contributed by atoms with Crippen molar-refractivity contribution in [2.75, 3.05) is 25.1 Å². The number of anilines is 1. The van der Waals surface area contributed by atoms with Crippen molar-refractivity contribution < 1.29 is 32.6 Å². The highest BCUT2D eigenvalue weighted by atomic mass is 32.2. The topological polar surface area (TPSA) is 135 Å². The Bertz CT molecular complexity index is 1390. The number of rotatable bonds is 10. The molecule has 0 aliphatic rings. The standard InChI is InChI=1S/C25H25N3O7S/c1-17-8-10-19(11-9-17)28(36(32,33)20-12-13-22(34-2)23(14-20)35-3)16-24(29)27-26-15-18-6-4-5-7-21(18)25(30)31/h4-15H,16H2,1-3H3,(H,27,29)(H,30,31)/b26-15-. The number of aryl methyl sites for hydroxylation is 1. The quantitative estimate of drug-likeness (QED) is 0.316. The first-order valence-electron chi connectivity index (χ1n) is 10.6. The summed E-state index contributed by atoms with van der Waals surface area (Å²) in [5.74, 6) is -1.31. The number of nitrogens with zero attached hydrogens (tertiary/aromatic N) is 2. The molecule has 3 aromatic carbocycles. The first kappa shape index (κ1) is 26.2. The minimum Gasteiger partial charge on any atom is -0.493 e. The molecule has 0 saturated carbocycles. The molecular weight excluding hydrogens is 486 g/mol. The van der Waals surface area contributed by atoms with E-state index in [1.807, 2.05) is 6.92 Å². The van der Waals surface area contributed by atoms with Crippen LogP contribution in [0.25, 0.3) is 0 Å². The predicted molar refractivity (Wildman–Crippen MR) is 134 cm³/mol. The summed E-state index contributed by atoms with van der Waals surface area (Å²) in [5.41, 5.74) is 3.72. The Morgan fingerprint density at radius 1 is 1.00 bits per heavy atom. The number of nitrogens with one attached hydrogen (secondary N) is 1. The van der Waals surface area contributed by atoms with Gasteiger partial charge in [-0.1, -0.05) is 35.9 Å². The fourth-order valence-electron chi connectivity index (χ4n) is 3.27. The number of carboxylic acid groups (broad SMARTS) is 1. The molecule has 0 aliphatic heterocycles. The third kappa shape index (κ3) is 5.99. The van der Waals surface area contributed by atoms with Crippen molar-refractivity contribution in [2.45, 2.75) is 11.8 Å². The average molecular weight is 512 g/mol. The largest absolute Gasteiger partial charge is 0.493 e. The number of ether oxygens (including phenoxy) is 2. The summed E-state index contributed by atoms with van der Waals surface area (Å²) in [6, 6.07) is 16.9. The zero-order valence-corrected chi connectivity index (χ0v) is 20.7. The number of hydrogen-bond donors (Lipinski definition) is 2. The fraction of sp³-hybridized carbons (Fsp3) is 0.160. The van der Waals surface area contributed by atoms with E-state index in [4.69, 9.17) is 9.47 Å². The molecule has 10 nitrogen and oxygen atoms in total. The minimum absolute atomic E-state index is 0.00723. The van der Waals surface area contributed by atoms with Gasteiger partial charge < -0.3 is 14.6 Å². The summed E-state index contributed by atoms with van der Waals surface area (Å²) >= 11 is 0. The van der Waals surface area contributed by atoms with E-state index in [0.717, 1.165) is 9.87 Å². The molecule has 0 aliphatic carbocycles. The summed E-state index contributed by atoms with van der Waals surface area (Å²) < 4.78 is 38.5. The zero-order chi connectivity index (χ0) is 26.3. The predicted octanol–water partition coefficient (Wildman–Crippen LogP) is 3.06. The van der Waals surface area contributed by atoms with Gasteiger partial charge in [-0.25, -0.2) is 18.6 Å². The lowest BCUT2D eigenvalue weighted by molar-refractivity contribution is -0.119. The highest BCUT2D eigenvalue weighted by Gasteiger charge is 2.28. The molecule has 0 spiro atoms. The Morgan fingerprint density at radius 3 is 2.31 bits per heavy atom. The normalized spacial score (nSPS) is 11.2. The molecule has 0 saturated heterocycles. The number of hydrazone groups is 1. The Kier molecular flexibility index (Phi) is 8.28. The van der Waals surface area contributed by atoms with Crippen molar-refractivity contribution in [3.05, 3.63) is 83.4 Å². The molecule has 3 rings (SSSR count). The van der Waals surface area contributed by atoms with E-state index >= 15 is 0 Å². The van der Waals surface area contributed by atoms with Crippen LogP contribution in [0.15, 0.2) is 76.7 Å². The molecule has 36 heavy (non-hydrogen) atoms. The third-order valence-electron chi connectivity index (χ3n) is 5.14. The average Bonchev–Trinajstić information content (AvgIpc) is 2.87. The van der Waals surface area contributed by atoms with Gasteiger partial charge in [0.2, 0.25) is 0 Å². The van der Waals surface area contributed by atoms with E-state index in [-0.39, 0.29) is 27.5 Å². The maximum absolute atomic E-state index is 13.6. The van der Waals surface area contributed by atoms with Crippen LogP contribution in [0.5, 0.6) is 11.5 Å². The summed E-state index contributed by atoms with van der Waals surface area (Å²) in [6.45, 7) is 1.27. The summed E-state index contributed by atoms with van der Waals surface area (Å²) in [7, 11) is -1.38. The SMILES string of the molecule is COc1ccc(S(=O)(=O)N(CC(=O)N/N=C\c2ccccc2C(=O)O)c2ccc(C)cc2)cc1OC. The van der Waals surface area contributed by atoms with Crippen LogP contribution >= 0.6 is 0 Å². The Labute approximate surface area is 208 Å². The van der Waals surface area contributed by atoms with Gasteiger partial charge in [0.1, 0.15) is 6.54 Å². The molecular formula is C25H25N3O7S. The Morgan fingerprint density at radius 2 is 1.67 bits per heavy atom. The first-order chi connectivity index (χ1) is 17.2. The van der Waals surface area contributed by atoms with Crippen molar-refractivity contribution in [1.29, 1.82) is 0 Å². The molecule has 188 valence electrons. The van der Waals surface area contributed by atoms with Crippen molar-refractivity contribution >= 4 is 33.8 Å². The molecule has 0 fully saturated rings. The summed E-state index contributed by atoms with van der Waals surface area (Å²) in [4.78, 5) is 23.9. The molecule has 0 aromatic heterocycles. The number of methoxy groups -OCH3 is 2. The van der Waals surface area contributed by atoms with Crippen molar-refractivity contribution in [1.82, 2.24) is 5.43 Å². The van der Waals surface area contributed by atoms with Crippen LogP contribution < -0.4 is 19.2 Å². The van der Waals surface area contributed by atoms with Gasteiger partial charge in [-0.05, 0) is 37.3 Å². The second-order valence-electron chi connectivity index (χ2n) is 7.55. The molecule has 0 bridgehead atoms. The van der Waals surface area contributed by atoms with Gasteiger partial charge in [-0.15, -0.1) is 0 Å². The van der Waals surface area contributed by atoms with E-state index in [1.54, 1.807) is 36.4 Å². The maximum atomic E-state index is 13.6. The lowest BCUT2D eigenvalue weighted by Gasteiger charge is -2.24. The van der Waals surface area contributed by atoms with Gasteiger partial charge in [-0.2, -0.15) is 5.10 Å². The minimum atomic E-state index is -4.21. The van der Waals surface area contributed by atoms with Gasteiger partial charge in [0.15, 0.2) is 11.5 Å². The van der Waals surface area contributed by atoms with E-state index < -0.39 is 28.4 Å². The molecule has 0 heterocycles. The molecule has 11 heteroatoms. The smallest absolute Gasteiger partial charge is 0.336 e. The number of hydrogen-bond acceptors (Lipinski definition) is 7. The molecule has 0 unspecified atom stereocenters. The van der Waals surface area contributed by atoms with E-state index in [1.165, 1.54) is 50.8 Å². The molecule has 3 aromatic rings. The zero-order valence-electron chi connectivity index (χ0n) is 19.8. The van der Waals surface area contributed by atoms with Gasteiger partial charge in [0.05, 0.1) is 36.6 Å². The summed E-state index contributed by atoms with van der Waals surface area (Å²) in [5, 5.41) is 13.1. The van der Waals surface area contributed by atoms with Gasteiger partial charge in [-0.3, -0.25) is 9.10 Å². The number of benzene rings is 3. The monoisotopic (exact) mass is 511 g/mol. The Balaban J connectivity index is 1.90. The van der Waals surface area contributed by atoms with Crippen LogP contribution in [-0.4, -0.2) is 52.4 Å². The highest BCUT2D eigenvalue weighted by Crippen LogP contribution is 2.32. The number of carboxylic acids is 1. The lowest BCUT2D eigenvalue weighted by atomic mass is 10.1. The first-order valence-corrected chi connectivity index (χ1v) is 12.1. The van der Waals surface area contributed by atoms with E-state index in [9.17, 15) is 23.1 Å². The van der Waals surface area contributed by atoms with Crippen LogP contribution in [0.4, 0.5) is 5.69 Å². The van der Waals surface area contributed by atoms with Crippen molar-refractivity contribution in [3.8, 4) is 11.5 Å². The number of amides is 1. The summed E-state index contributed by atoms with van der Waals surface area (Å²) in [6.07, 6.45) is 1.18. The second kappa shape index (κ2) is 11.4. The highest BCUT2D eigenvalue weighted by molar-refractivity contribution is 7.92. The second-order valence-corrected chi connectivity index (χ2v) is 9.41. The van der Waals surface area contributed by atoms with Crippen molar-refractivity contribution in [2.24, 2.45) is 5.10 Å². The van der Waals surface area contributed by atoms with Crippen LogP contribution in [-0.2, 0) is 14.8 Å². The van der Waals surface area contributed by atoms with Gasteiger partial charge in [0.25, 0.3) is 15.9 Å². The van der Waals surface area contributed by atoms with Gasteiger partial charge in [0, 0.05) is 11.6 Å². The maximum Gasteiger partial charge on any atom is 0.336 e. The van der Waals surface area contributed by atoms with Crippen LogP contribution in [0, 0.1) is 6.92 Å². The molecule has 2 N–H and O–H groups in total. The van der Waals surface area contributed by atoms with Crippen LogP contribution in [0.3, 0.4) is 0 Å². The fourth-order valence-corrected chi connectivity index (χ4v) is 4.71.